The minimum Gasteiger partial charge on any atom is -0.394 e. The number of halogens is 2. The number of anilines is 3. The summed E-state index contributed by atoms with van der Waals surface area (Å²) in [5.74, 6) is -0.194. The third-order valence-electron chi connectivity index (χ3n) is 3.77. The van der Waals surface area contributed by atoms with Crippen molar-refractivity contribution in [2.45, 2.75) is 13.1 Å². The summed E-state index contributed by atoms with van der Waals surface area (Å²) in [4.78, 5) is 20.1. The van der Waals surface area contributed by atoms with E-state index in [0.717, 1.165) is 0 Å². The van der Waals surface area contributed by atoms with E-state index in [0.29, 0.717) is 27.8 Å². The van der Waals surface area contributed by atoms with Crippen LogP contribution in [0.1, 0.15) is 15.9 Å². The number of aromatic nitrogens is 4. The van der Waals surface area contributed by atoms with Crippen LogP contribution in [-0.2, 0) is 13.1 Å². The number of amides is 1. The maximum Gasteiger partial charge on any atom is 0.254 e. The van der Waals surface area contributed by atoms with Crippen molar-refractivity contribution in [2.75, 3.05) is 17.2 Å². The molecule has 0 saturated carbocycles. The molecule has 0 fully saturated rings. The van der Waals surface area contributed by atoms with Gasteiger partial charge in [-0.15, -0.1) is 0 Å². The van der Waals surface area contributed by atoms with Crippen LogP contribution in [0.5, 0.6) is 0 Å². The Hall–Kier alpha value is -2.88. The lowest BCUT2D eigenvalue weighted by Crippen LogP contribution is -2.17. The smallest absolute Gasteiger partial charge is 0.254 e. The molecule has 2 aromatic heterocycles. The molecule has 146 valence electrons. The van der Waals surface area contributed by atoms with Crippen LogP contribution in [0, 0.1) is 0 Å². The van der Waals surface area contributed by atoms with Crippen molar-refractivity contribution in [3.05, 3.63) is 58.0 Å². The summed E-state index contributed by atoms with van der Waals surface area (Å²) >= 11 is 12.4. The van der Waals surface area contributed by atoms with Gasteiger partial charge in [-0.2, -0.15) is 10.1 Å². The number of nitrogens with zero attached hydrogens (tertiary/aromatic N) is 4. The average Bonchev–Trinajstić information content (AvgIpc) is 3.08. The van der Waals surface area contributed by atoms with Crippen LogP contribution >= 0.6 is 23.2 Å². The Labute approximate surface area is 170 Å². The molecule has 28 heavy (non-hydrogen) atoms. The van der Waals surface area contributed by atoms with Gasteiger partial charge in [-0.3, -0.25) is 9.48 Å². The molecule has 3 aromatic rings. The predicted molar refractivity (Wildman–Crippen MR) is 107 cm³/mol. The highest BCUT2D eigenvalue weighted by Crippen LogP contribution is 2.26. The van der Waals surface area contributed by atoms with Gasteiger partial charge in [-0.25, -0.2) is 4.98 Å². The summed E-state index contributed by atoms with van der Waals surface area (Å²) in [6, 6.07) is 5.18. The molecule has 0 spiro atoms. The monoisotopic (exact) mass is 421 g/mol. The van der Waals surface area contributed by atoms with Gasteiger partial charge >= 0.3 is 0 Å². The first-order chi connectivity index (χ1) is 13.5. The van der Waals surface area contributed by atoms with Crippen molar-refractivity contribution < 1.29 is 9.90 Å². The number of carbonyl (C=O) groups excluding carboxylic acids is 1. The van der Waals surface area contributed by atoms with Crippen molar-refractivity contribution in [3.63, 3.8) is 0 Å². The Morgan fingerprint density at radius 3 is 2.68 bits per heavy atom. The van der Waals surface area contributed by atoms with E-state index in [-0.39, 0.29) is 30.5 Å². The molecule has 0 aliphatic rings. The van der Waals surface area contributed by atoms with E-state index >= 15 is 0 Å². The van der Waals surface area contributed by atoms with Gasteiger partial charge in [0.15, 0.2) is 0 Å². The van der Waals surface area contributed by atoms with E-state index in [1.54, 1.807) is 35.3 Å². The summed E-state index contributed by atoms with van der Waals surface area (Å²) in [6.07, 6.45) is 4.59. The van der Waals surface area contributed by atoms with Crippen molar-refractivity contribution in [1.82, 2.24) is 19.7 Å². The summed E-state index contributed by atoms with van der Waals surface area (Å²) in [6.45, 7) is 0.585. The third kappa shape index (κ3) is 4.69. The Kier molecular flexibility index (Phi) is 6.30. The molecule has 0 atom stereocenters. The summed E-state index contributed by atoms with van der Waals surface area (Å²) in [7, 11) is 0. The van der Waals surface area contributed by atoms with Gasteiger partial charge in [-0.1, -0.05) is 29.3 Å². The zero-order valence-corrected chi connectivity index (χ0v) is 16.1. The first-order valence-corrected chi connectivity index (χ1v) is 8.97. The molecule has 0 aliphatic heterocycles. The molecule has 0 bridgehead atoms. The molecule has 9 nitrogen and oxygen atoms in total. The van der Waals surface area contributed by atoms with Crippen molar-refractivity contribution in [1.29, 1.82) is 0 Å². The Bertz CT molecular complexity index is 973. The van der Waals surface area contributed by atoms with Gasteiger partial charge in [0.1, 0.15) is 5.82 Å². The van der Waals surface area contributed by atoms with Crippen LogP contribution < -0.4 is 16.4 Å². The molecule has 0 saturated heterocycles. The molecule has 2 heterocycles. The average molecular weight is 422 g/mol. The number of aliphatic hydroxyl groups excluding tert-OH is 1. The van der Waals surface area contributed by atoms with E-state index in [1.165, 1.54) is 6.20 Å². The standard InChI is InChI=1S/C17H17Cl2N7O2/c18-13-2-1-3-14(19)11(13)7-21-16-12(15(20)28)8-22-17(25-16)24-10-6-23-26(9-10)4-5-27/h1-3,6,8-9,27H,4-5,7H2,(H2,20,28)(H2,21,22,24,25). The highest BCUT2D eigenvalue weighted by atomic mass is 35.5. The molecular formula is C17H17Cl2N7O2. The number of rotatable bonds is 8. The van der Waals surface area contributed by atoms with E-state index in [1.807, 2.05) is 0 Å². The van der Waals surface area contributed by atoms with E-state index in [9.17, 15) is 4.79 Å². The molecule has 11 heteroatoms. The SMILES string of the molecule is NC(=O)c1cnc(Nc2cnn(CCO)c2)nc1NCc1c(Cl)cccc1Cl. The molecule has 1 aromatic carbocycles. The van der Waals surface area contributed by atoms with Gasteiger partial charge in [0.25, 0.3) is 5.91 Å². The molecule has 1 amide bonds. The minimum atomic E-state index is -0.671. The van der Waals surface area contributed by atoms with Crippen LogP contribution in [-0.4, -0.2) is 37.4 Å². The van der Waals surface area contributed by atoms with Gasteiger partial charge < -0.3 is 21.5 Å². The summed E-state index contributed by atoms with van der Waals surface area (Å²) in [5.41, 5.74) is 6.84. The van der Waals surface area contributed by atoms with Gasteiger partial charge in [0.2, 0.25) is 5.95 Å². The quantitative estimate of drug-likeness (QED) is 0.439. The second-order valence-corrected chi connectivity index (χ2v) is 6.53. The van der Waals surface area contributed by atoms with Gasteiger partial charge in [0.05, 0.1) is 30.6 Å². The lowest BCUT2D eigenvalue weighted by atomic mass is 10.2. The first-order valence-electron chi connectivity index (χ1n) is 8.22. The number of nitrogens with one attached hydrogen (secondary N) is 2. The number of primary amides is 1. The molecule has 0 unspecified atom stereocenters. The molecule has 0 radical (unpaired) electrons. The number of aliphatic hydroxyl groups is 1. The minimum absolute atomic E-state index is 0.0242. The topological polar surface area (TPSA) is 131 Å². The normalized spacial score (nSPS) is 10.7. The highest BCUT2D eigenvalue weighted by molar-refractivity contribution is 6.36. The van der Waals surface area contributed by atoms with Crippen molar-refractivity contribution >= 4 is 46.6 Å². The molecule has 3 rings (SSSR count). The predicted octanol–water partition coefficient (Wildman–Crippen LogP) is 2.43. The summed E-state index contributed by atoms with van der Waals surface area (Å²) in [5, 5.41) is 20.0. The van der Waals surface area contributed by atoms with E-state index in [2.05, 4.69) is 25.7 Å². The maximum atomic E-state index is 11.7. The van der Waals surface area contributed by atoms with Crippen molar-refractivity contribution in [3.8, 4) is 0 Å². The number of nitrogens with two attached hydrogens (primary N) is 1. The van der Waals surface area contributed by atoms with Crippen LogP contribution in [0.15, 0.2) is 36.8 Å². The van der Waals surface area contributed by atoms with Crippen LogP contribution in [0.2, 0.25) is 10.0 Å². The maximum absolute atomic E-state index is 11.7. The number of benzene rings is 1. The Morgan fingerprint density at radius 1 is 1.25 bits per heavy atom. The molecular weight excluding hydrogens is 405 g/mol. The first kappa shape index (κ1) is 19.9. The second kappa shape index (κ2) is 8.87. The molecule has 5 N–H and O–H groups in total. The second-order valence-electron chi connectivity index (χ2n) is 5.71. The van der Waals surface area contributed by atoms with Gasteiger partial charge in [0, 0.05) is 34.5 Å². The third-order valence-corrected chi connectivity index (χ3v) is 4.48. The fraction of sp³-hybridized carbons (Fsp3) is 0.176. The zero-order valence-electron chi connectivity index (χ0n) is 14.6. The van der Waals surface area contributed by atoms with E-state index < -0.39 is 5.91 Å². The lowest BCUT2D eigenvalue weighted by molar-refractivity contribution is 0.100. The number of hydrogen-bond acceptors (Lipinski definition) is 7. The zero-order chi connectivity index (χ0) is 20.1. The fourth-order valence-corrected chi connectivity index (χ4v) is 2.94. The summed E-state index contributed by atoms with van der Waals surface area (Å²) < 4.78 is 1.57. The van der Waals surface area contributed by atoms with Crippen LogP contribution in [0.3, 0.4) is 0 Å². The Morgan fingerprint density at radius 2 is 2.00 bits per heavy atom. The largest absolute Gasteiger partial charge is 0.394 e. The van der Waals surface area contributed by atoms with E-state index in [4.69, 9.17) is 34.0 Å². The number of hydrogen-bond donors (Lipinski definition) is 4. The fourth-order valence-electron chi connectivity index (χ4n) is 2.41. The molecule has 0 aliphatic carbocycles. The Balaban J connectivity index is 1.82. The van der Waals surface area contributed by atoms with Crippen molar-refractivity contribution in [2.24, 2.45) is 5.73 Å². The highest BCUT2D eigenvalue weighted by Gasteiger charge is 2.14. The van der Waals surface area contributed by atoms with Crippen LogP contribution in [0.25, 0.3) is 0 Å². The van der Waals surface area contributed by atoms with Crippen LogP contribution in [0.4, 0.5) is 17.5 Å². The lowest BCUT2D eigenvalue weighted by Gasteiger charge is -2.12. The number of carbonyl (C=O) groups is 1. The van der Waals surface area contributed by atoms with Gasteiger partial charge in [-0.05, 0) is 12.1 Å².